The molecule has 7 nitrogen and oxygen atoms in total. The number of primary amides is 1. The van der Waals surface area contributed by atoms with Gasteiger partial charge in [-0.05, 0) is 12.1 Å². The number of nitrogens with one attached hydrogen (secondary N) is 1. The molecule has 9 heteroatoms. The lowest BCUT2D eigenvalue weighted by Crippen LogP contribution is -2.36. The molecule has 0 aliphatic rings. The Balaban J connectivity index is 2.13. The van der Waals surface area contributed by atoms with Gasteiger partial charge in [0, 0.05) is 12.6 Å². The van der Waals surface area contributed by atoms with Gasteiger partial charge in [-0.25, -0.2) is 4.79 Å². The number of nitrogens with zero attached hydrogens (tertiary/aromatic N) is 3. The lowest BCUT2D eigenvalue weighted by Gasteiger charge is -2.05. The van der Waals surface area contributed by atoms with Crippen molar-refractivity contribution in [3.8, 4) is 11.4 Å². The molecule has 1 aromatic carbocycles. The molecule has 0 spiro atoms. The van der Waals surface area contributed by atoms with E-state index in [0.29, 0.717) is 16.0 Å². The maximum Gasteiger partial charge on any atom is 0.318 e. The molecule has 2 aromatic rings. The average molecular weight is 326 g/mol. The molecule has 1 heterocycles. The van der Waals surface area contributed by atoms with Crippen LogP contribution in [0.25, 0.3) is 11.4 Å². The van der Waals surface area contributed by atoms with E-state index >= 15 is 0 Å². The first-order valence-corrected chi connectivity index (χ1v) is 7.21. The van der Waals surface area contributed by atoms with Gasteiger partial charge in [0.1, 0.15) is 0 Å². The fraction of sp³-hybridized carbons (Fsp3) is 0.167. The number of aromatic nitrogens is 3. The van der Waals surface area contributed by atoms with Gasteiger partial charge in [-0.2, -0.15) is 0 Å². The molecule has 3 N–H and O–H groups in total. The summed E-state index contributed by atoms with van der Waals surface area (Å²) in [6.07, 6.45) is 0. The van der Waals surface area contributed by atoms with Crippen molar-refractivity contribution in [1.29, 1.82) is 0 Å². The summed E-state index contributed by atoms with van der Waals surface area (Å²) in [5.74, 6) is 0.116. The highest BCUT2D eigenvalue weighted by molar-refractivity contribution is 7.99. The summed E-state index contributed by atoms with van der Waals surface area (Å²) < 4.78 is 1.73. The summed E-state index contributed by atoms with van der Waals surface area (Å²) in [5.41, 5.74) is 5.61. The third kappa shape index (κ3) is 3.73. The van der Waals surface area contributed by atoms with Gasteiger partial charge >= 0.3 is 6.03 Å². The summed E-state index contributed by atoms with van der Waals surface area (Å²) >= 11 is 7.27. The van der Waals surface area contributed by atoms with Crippen molar-refractivity contribution in [3.05, 3.63) is 29.3 Å². The minimum absolute atomic E-state index is 0.0113. The minimum atomic E-state index is -0.879. The molecule has 0 atom stereocenters. The highest BCUT2D eigenvalue weighted by Gasteiger charge is 2.15. The summed E-state index contributed by atoms with van der Waals surface area (Å²) in [7, 11) is 1.77. The Morgan fingerprint density at radius 1 is 1.38 bits per heavy atom. The molecular formula is C12H12ClN5O2S. The van der Waals surface area contributed by atoms with Crippen LogP contribution in [0.2, 0.25) is 5.02 Å². The molecular weight excluding hydrogens is 314 g/mol. The van der Waals surface area contributed by atoms with Crippen LogP contribution in [-0.4, -0.2) is 32.5 Å². The van der Waals surface area contributed by atoms with Crippen LogP contribution in [0.15, 0.2) is 29.4 Å². The van der Waals surface area contributed by atoms with E-state index in [-0.39, 0.29) is 5.75 Å². The third-order valence-electron chi connectivity index (χ3n) is 2.54. The standard InChI is InChI=1S/C12H12ClN5O2S/c1-18-10(7-4-2-3-5-8(7)13)16-17-12(18)21-6-9(19)15-11(14)20/h2-5H,6H2,1H3,(H3,14,15,19,20). The average Bonchev–Trinajstić information content (AvgIpc) is 2.77. The number of thioether (sulfide) groups is 1. The van der Waals surface area contributed by atoms with E-state index in [1.807, 2.05) is 23.5 Å². The number of amides is 3. The second kappa shape index (κ2) is 6.59. The summed E-state index contributed by atoms with van der Waals surface area (Å²) in [6.45, 7) is 0. The van der Waals surface area contributed by atoms with Crippen molar-refractivity contribution >= 4 is 35.3 Å². The number of halogens is 1. The zero-order valence-electron chi connectivity index (χ0n) is 11.0. The van der Waals surface area contributed by atoms with E-state index in [9.17, 15) is 9.59 Å². The van der Waals surface area contributed by atoms with Gasteiger partial charge in [0.25, 0.3) is 0 Å². The summed E-state index contributed by atoms with van der Waals surface area (Å²) in [6, 6.07) is 6.39. The number of hydrogen-bond donors (Lipinski definition) is 2. The molecule has 3 amide bonds. The van der Waals surface area contributed by atoms with Crippen molar-refractivity contribution < 1.29 is 9.59 Å². The maximum absolute atomic E-state index is 11.4. The van der Waals surface area contributed by atoms with E-state index in [4.69, 9.17) is 17.3 Å². The lowest BCUT2D eigenvalue weighted by molar-refractivity contribution is -0.117. The Labute approximate surface area is 129 Å². The van der Waals surface area contributed by atoms with Crippen LogP contribution in [0, 0.1) is 0 Å². The SMILES string of the molecule is Cn1c(SCC(=O)NC(N)=O)nnc1-c1ccccc1Cl. The number of rotatable bonds is 4. The van der Waals surface area contributed by atoms with Gasteiger partial charge in [0.2, 0.25) is 5.91 Å². The topological polar surface area (TPSA) is 103 Å². The van der Waals surface area contributed by atoms with E-state index in [1.54, 1.807) is 17.7 Å². The zero-order valence-corrected chi connectivity index (χ0v) is 12.6. The molecule has 0 aliphatic heterocycles. The fourth-order valence-corrected chi connectivity index (χ4v) is 2.55. The van der Waals surface area contributed by atoms with Gasteiger partial charge in [-0.3, -0.25) is 10.1 Å². The number of imide groups is 1. The Bertz CT molecular complexity index is 688. The second-order valence-electron chi connectivity index (χ2n) is 4.05. The number of carbonyl (C=O) groups excluding carboxylic acids is 2. The molecule has 110 valence electrons. The van der Waals surface area contributed by atoms with Gasteiger partial charge in [0.05, 0.1) is 10.8 Å². The van der Waals surface area contributed by atoms with Crippen LogP contribution in [0.3, 0.4) is 0 Å². The lowest BCUT2D eigenvalue weighted by atomic mass is 10.2. The smallest absolute Gasteiger partial charge is 0.318 e. The van der Waals surface area contributed by atoms with Gasteiger partial charge < -0.3 is 10.3 Å². The summed E-state index contributed by atoms with van der Waals surface area (Å²) in [4.78, 5) is 21.9. The normalized spacial score (nSPS) is 10.4. The van der Waals surface area contributed by atoms with Crippen LogP contribution in [0.1, 0.15) is 0 Å². The quantitative estimate of drug-likeness (QED) is 0.828. The molecule has 0 saturated heterocycles. The molecule has 0 radical (unpaired) electrons. The monoisotopic (exact) mass is 325 g/mol. The van der Waals surface area contributed by atoms with Crippen molar-refractivity contribution in [2.24, 2.45) is 12.8 Å². The Morgan fingerprint density at radius 3 is 2.76 bits per heavy atom. The maximum atomic E-state index is 11.4. The van der Waals surface area contributed by atoms with E-state index in [0.717, 1.165) is 17.3 Å². The largest absolute Gasteiger partial charge is 0.351 e. The van der Waals surface area contributed by atoms with Gasteiger partial charge in [0.15, 0.2) is 11.0 Å². The summed E-state index contributed by atoms with van der Waals surface area (Å²) in [5, 5.41) is 11.2. The van der Waals surface area contributed by atoms with E-state index in [2.05, 4.69) is 10.2 Å². The molecule has 0 unspecified atom stereocenters. The van der Waals surface area contributed by atoms with Gasteiger partial charge in [-0.15, -0.1) is 10.2 Å². The highest BCUT2D eigenvalue weighted by atomic mass is 35.5. The van der Waals surface area contributed by atoms with Crippen molar-refractivity contribution in [1.82, 2.24) is 20.1 Å². The van der Waals surface area contributed by atoms with Crippen molar-refractivity contribution in [2.45, 2.75) is 5.16 Å². The number of benzene rings is 1. The Morgan fingerprint density at radius 2 is 2.10 bits per heavy atom. The predicted molar refractivity (Wildman–Crippen MR) is 79.9 cm³/mol. The Kier molecular flexibility index (Phi) is 4.81. The van der Waals surface area contributed by atoms with Crippen LogP contribution in [-0.2, 0) is 11.8 Å². The minimum Gasteiger partial charge on any atom is -0.351 e. The molecule has 2 rings (SSSR count). The molecule has 0 saturated carbocycles. The first-order chi connectivity index (χ1) is 9.99. The van der Waals surface area contributed by atoms with Crippen molar-refractivity contribution in [2.75, 3.05) is 5.75 Å². The Hall–Kier alpha value is -2.06. The van der Waals surface area contributed by atoms with Crippen LogP contribution >= 0.6 is 23.4 Å². The molecule has 21 heavy (non-hydrogen) atoms. The number of hydrogen-bond acceptors (Lipinski definition) is 5. The first-order valence-electron chi connectivity index (χ1n) is 5.85. The molecule has 0 bridgehead atoms. The number of urea groups is 1. The molecule has 0 fully saturated rings. The van der Waals surface area contributed by atoms with E-state index in [1.165, 1.54) is 0 Å². The number of nitrogens with two attached hydrogens (primary N) is 1. The highest BCUT2D eigenvalue weighted by Crippen LogP contribution is 2.28. The fourth-order valence-electron chi connectivity index (χ4n) is 1.62. The van der Waals surface area contributed by atoms with E-state index < -0.39 is 11.9 Å². The van der Waals surface area contributed by atoms with Crippen LogP contribution in [0.4, 0.5) is 4.79 Å². The van der Waals surface area contributed by atoms with Crippen molar-refractivity contribution in [3.63, 3.8) is 0 Å². The molecule has 1 aromatic heterocycles. The second-order valence-corrected chi connectivity index (χ2v) is 5.40. The number of carbonyl (C=O) groups is 2. The van der Waals surface area contributed by atoms with Crippen LogP contribution < -0.4 is 11.1 Å². The molecule has 0 aliphatic carbocycles. The van der Waals surface area contributed by atoms with Gasteiger partial charge in [-0.1, -0.05) is 35.5 Å². The first kappa shape index (κ1) is 15.3. The predicted octanol–water partition coefficient (Wildman–Crippen LogP) is 1.42. The third-order valence-corrected chi connectivity index (χ3v) is 3.89. The van der Waals surface area contributed by atoms with Crippen LogP contribution in [0.5, 0.6) is 0 Å². The zero-order chi connectivity index (χ0) is 15.4.